The van der Waals surface area contributed by atoms with Crippen LogP contribution in [0.15, 0.2) is 84.9 Å². The first kappa shape index (κ1) is 19.2. The minimum Gasteiger partial charge on any atom is -0.496 e. The molecule has 0 aromatic heterocycles. The first-order chi connectivity index (χ1) is 13.7. The Morgan fingerprint density at radius 2 is 1.75 bits per heavy atom. The Kier molecular flexibility index (Phi) is 6.85. The van der Waals surface area contributed by atoms with Crippen molar-refractivity contribution in [1.29, 1.82) is 0 Å². The van der Waals surface area contributed by atoms with Crippen LogP contribution in [-0.2, 0) is 17.9 Å². The van der Waals surface area contributed by atoms with Crippen molar-refractivity contribution in [3.63, 3.8) is 0 Å². The number of benzene rings is 3. The third kappa shape index (κ3) is 5.74. The van der Waals surface area contributed by atoms with Gasteiger partial charge in [-0.25, -0.2) is 0 Å². The predicted octanol–water partition coefficient (Wildman–Crippen LogP) is 4.60. The molecule has 0 aliphatic heterocycles. The highest BCUT2D eigenvalue weighted by Gasteiger charge is 2.03. The minimum atomic E-state index is -0.165. The molecule has 142 valence electrons. The van der Waals surface area contributed by atoms with Crippen LogP contribution in [0.3, 0.4) is 0 Å². The van der Waals surface area contributed by atoms with Gasteiger partial charge in [-0.15, -0.1) is 0 Å². The molecule has 3 aromatic carbocycles. The van der Waals surface area contributed by atoms with Gasteiger partial charge in [0.2, 0.25) is 5.91 Å². The summed E-state index contributed by atoms with van der Waals surface area (Å²) in [4.78, 5) is 12.1. The number of rotatable bonds is 8. The summed E-state index contributed by atoms with van der Waals surface area (Å²) in [6.07, 6.45) is 3.29. The highest BCUT2D eigenvalue weighted by atomic mass is 16.5. The summed E-state index contributed by atoms with van der Waals surface area (Å²) in [5, 5.41) is 2.87. The molecule has 0 bridgehead atoms. The van der Waals surface area contributed by atoms with Gasteiger partial charge in [-0.05, 0) is 35.4 Å². The second-order valence-electron chi connectivity index (χ2n) is 6.21. The van der Waals surface area contributed by atoms with Crippen LogP contribution in [0.2, 0.25) is 0 Å². The quantitative estimate of drug-likeness (QED) is 0.587. The molecule has 0 atom stereocenters. The van der Waals surface area contributed by atoms with E-state index in [9.17, 15) is 4.79 Å². The lowest BCUT2D eigenvalue weighted by atomic mass is 10.2. The first-order valence-corrected chi connectivity index (χ1v) is 9.09. The lowest BCUT2D eigenvalue weighted by Crippen LogP contribution is -2.20. The number of ether oxygens (including phenoxy) is 2. The summed E-state index contributed by atoms with van der Waals surface area (Å²) in [5.41, 5.74) is 2.94. The smallest absolute Gasteiger partial charge is 0.244 e. The fourth-order valence-corrected chi connectivity index (χ4v) is 2.71. The Balaban J connectivity index is 1.54. The highest BCUT2D eigenvalue weighted by Crippen LogP contribution is 2.17. The molecule has 0 saturated heterocycles. The second kappa shape index (κ2) is 9.97. The number of carbonyl (C=O) groups excluding carboxylic acids is 1. The highest BCUT2D eigenvalue weighted by molar-refractivity contribution is 5.91. The van der Waals surface area contributed by atoms with E-state index in [1.54, 1.807) is 13.2 Å². The molecule has 1 amide bonds. The first-order valence-electron chi connectivity index (χ1n) is 9.09. The maximum Gasteiger partial charge on any atom is 0.244 e. The van der Waals surface area contributed by atoms with Gasteiger partial charge >= 0.3 is 0 Å². The van der Waals surface area contributed by atoms with Gasteiger partial charge in [-0.1, -0.05) is 60.7 Å². The van der Waals surface area contributed by atoms with Gasteiger partial charge in [0.15, 0.2) is 0 Å². The topological polar surface area (TPSA) is 47.6 Å². The molecule has 0 spiro atoms. The third-order valence-corrected chi connectivity index (χ3v) is 4.18. The molecule has 0 aliphatic rings. The van der Waals surface area contributed by atoms with E-state index in [4.69, 9.17) is 9.47 Å². The fourth-order valence-electron chi connectivity index (χ4n) is 2.71. The van der Waals surface area contributed by atoms with E-state index < -0.39 is 0 Å². The van der Waals surface area contributed by atoms with Gasteiger partial charge < -0.3 is 14.8 Å². The molecule has 1 N–H and O–H groups in total. The van der Waals surface area contributed by atoms with Crippen LogP contribution in [0.4, 0.5) is 0 Å². The number of amides is 1. The summed E-state index contributed by atoms with van der Waals surface area (Å²) in [6, 6.07) is 25.3. The van der Waals surface area contributed by atoms with E-state index in [0.717, 1.165) is 28.2 Å². The molecule has 3 rings (SSSR count). The molecule has 0 heterocycles. The van der Waals surface area contributed by atoms with Gasteiger partial charge in [0.05, 0.1) is 7.11 Å². The molecule has 0 aliphatic carbocycles. The Hall–Kier alpha value is -3.53. The van der Waals surface area contributed by atoms with E-state index in [-0.39, 0.29) is 5.91 Å². The fraction of sp³-hybridized carbons (Fsp3) is 0.125. The van der Waals surface area contributed by atoms with Crippen LogP contribution in [-0.4, -0.2) is 13.0 Å². The van der Waals surface area contributed by atoms with Gasteiger partial charge in [0.1, 0.15) is 18.1 Å². The Morgan fingerprint density at radius 1 is 0.964 bits per heavy atom. The van der Waals surface area contributed by atoms with Crippen molar-refractivity contribution < 1.29 is 14.3 Å². The molecule has 0 saturated carbocycles. The Labute approximate surface area is 165 Å². The molecule has 4 nitrogen and oxygen atoms in total. The van der Waals surface area contributed by atoms with E-state index in [2.05, 4.69) is 5.32 Å². The third-order valence-electron chi connectivity index (χ3n) is 4.18. The zero-order chi connectivity index (χ0) is 19.6. The zero-order valence-electron chi connectivity index (χ0n) is 15.8. The maximum absolute atomic E-state index is 12.1. The van der Waals surface area contributed by atoms with Crippen LogP contribution in [0.1, 0.15) is 16.7 Å². The molecule has 0 radical (unpaired) electrons. The van der Waals surface area contributed by atoms with Crippen LogP contribution in [0, 0.1) is 0 Å². The molecule has 0 fully saturated rings. The lowest BCUT2D eigenvalue weighted by molar-refractivity contribution is -0.116. The normalized spacial score (nSPS) is 10.6. The van der Waals surface area contributed by atoms with Crippen LogP contribution < -0.4 is 14.8 Å². The second-order valence-corrected chi connectivity index (χ2v) is 6.21. The monoisotopic (exact) mass is 373 g/mol. The molecular formula is C24H23NO3. The number of nitrogens with one attached hydrogen (secondary N) is 1. The summed E-state index contributed by atoms with van der Waals surface area (Å²) >= 11 is 0. The predicted molar refractivity (Wildman–Crippen MR) is 111 cm³/mol. The van der Waals surface area contributed by atoms with Crippen LogP contribution in [0.25, 0.3) is 6.08 Å². The number of hydrogen-bond acceptors (Lipinski definition) is 3. The lowest BCUT2D eigenvalue weighted by Gasteiger charge is -2.08. The van der Waals surface area contributed by atoms with Crippen molar-refractivity contribution in [3.05, 3.63) is 102 Å². The van der Waals surface area contributed by atoms with E-state index >= 15 is 0 Å². The van der Waals surface area contributed by atoms with Crippen molar-refractivity contribution in [1.82, 2.24) is 5.32 Å². The maximum atomic E-state index is 12.1. The van der Waals surface area contributed by atoms with Crippen molar-refractivity contribution in [2.24, 2.45) is 0 Å². The Morgan fingerprint density at radius 3 is 2.57 bits per heavy atom. The number of hydrogen-bond donors (Lipinski definition) is 1. The Bertz CT molecular complexity index is 935. The summed E-state index contributed by atoms with van der Waals surface area (Å²) in [6.45, 7) is 0.917. The van der Waals surface area contributed by atoms with Gasteiger partial charge in [0.25, 0.3) is 0 Å². The van der Waals surface area contributed by atoms with Crippen molar-refractivity contribution in [2.45, 2.75) is 13.2 Å². The molecule has 3 aromatic rings. The van der Waals surface area contributed by atoms with E-state index in [1.807, 2.05) is 78.9 Å². The SMILES string of the molecule is COc1ccccc1CNC(=O)/C=C/c1cccc(OCc2ccccc2)c1. The standard InChI is InChI=1S/C24H23NO3/c1-27-23-13-6-5-11-21(23)17-25-24(26)15-14-19-10-7-12-22(16-19)28-18-20-8-3-2-4-9-20/h2-16H,17-18H2,1H3,(H,25,26)/b15-14+. The molecule has 28 heavy (non-hydrogen) atoms. The van der Waals surface area contributed by atoms with Gasteiger partial charge in [-0.2, -0.15) is 0 Å². The van der Waals surface area contributed by atoms with E-state index in [0.29, 0.717) is 13.2 Å². The molecule has 0 unspecified atom stereocenters. The van der Waals surface area contributed by atoms with Crippen molar-refractivity contribution >= 4 is 12.0 Å². The molecule has 4 heteroatoms. The zero-order valence-corrected chi connectivity index (χ0v) is 15.8. The number of para-hydroxylation sites is 1. The average molecular weight is 373 g/mol. The van der Waals surface area contributed by atoms with Crippen LogP contribution >= 0.6 is 0 Å². The van der Waals surface area contributed by atoms with Gasteiger partial charge in [0, 0.05) is 18.2 Å². The average Bonchev–Trinajstić information content (AvgIpc) is 2.76. The van der Waals surface area contributed by atoms with Crippen molar-refractivity contribution in [2.75, 3.05) is 7.11 Å². The summed E-state index contributed by atoms with van der Waals surface area (Å²) < 4.78 is 11.1. The minimum absolute atomic E-state index is 0.165. The van der Waals surface area contributed by atoms with Gasteiger partial charge in [-0.3, -0.25) is 4.79 Å². The number of methoxy groups -OCH3 is 1. The van der Waals surface area contributed by atoms with Crippen molar-refractivity contribution in [3.8, 4) is 11.5 Å². The summed E-state index contributed by atoms with van der Waals surface area (Å²) in [5.74, 6) is 1.36. The van der Waals surface area contributed by atoms with E-state index in [1.165, 1.54) is 6.08 Å². The largest absolute Gasteiger partial charge is 0.496 e. The number of carbonyl (C=O) groups is 1. The summed E-state index contributed by atoms with van der Waals surface area (Å²) in [7, 11) is 1.62. The molecular weight excluding hydrogens is 350 g/mol. The van der Waals surface area contributed by atoms with Crippen LogP contribution in [0.5, 0.6) is 11.5 Å².